The van der Waals surface area contributed by atoms with E-state index in [4.69, 9.17) is 0 Å². The maximum Gasteiger partial charge on any atom is 0.331 e. The van der Waals surface area contributed by atoms with Crippen LogP contribution in [-0.4, -0.2) is 30.3 Å². The summed E-state index contributed by atoms with van der Waals surface area (Å²) in [6, 6.07) is 0.0633. The molecule has 2 unspecified atom stereocenters. The first kappa shape index (κ1) is 12.0. The van der Waals surface area contributed by atoms with E-state index in [0.717, 1.165) is 25.7 Å². The molecule has 4 heteroatoms. The Bertz CT molecular complexity index is 228. The summed E-state index contributed by atoms with van der Waals surface area (Å²) in [7, 11) is 1.34. The topological polar surface area (TPSA) is 58.6 Å². The van der Waals surface area contributed by atoms with Crippen molar-refractivity contribution in [1.82, 2.24) is 5.32 Å². The van der Waals surface area contributed by atoms with Crippen LogP contribution in [0.4, 0.5) is 0 Å². The minimum absolute atomic E-state index is 0.0633. The van der Waals surface area contributed by atoms with Gasteiger partial charge in [0.05, 0.1) is 19.3 Å². The van der Waals surface area contributed by atoms with Gasteiger partial charge in [0.15, 0.2) is 0 Å². The molecule has 0 aliphatic heterocycles. The Morgan fingerprint density at radius 2 is 2.13 bits per heavy atom. The van der Waals surface area contributed by atoms with Gasteiger partial charge in [0.25, 0.3) is 0 Å². The monoisotopic (exact) mass is 213 g/mol. The molecule has 0 amide bonds. The number of esters is 1. The van der Waals surface area contributed by atoms with Gasteiger partial charge in [-0.3, -0.25) is 0 Å². The first-order chi connectivity index (χ1) is 7.24. The van der Waals surface area contributed by atoms with Crippen LogP contribution in [-0.2, 0) is 9.53 Å². The summed E-state index contributed by atoms with van der Waals surface area (Å²) in [5.74, 6) is -0.384. The van der Waals surface area contributed by atoms with Crippen molar-refractivity contribution >= 4 is 5.97 Å². The summed E-state index contributed by atoms with van der Waals surface area (Å²) < 4.78 is 4.46. The van der Waals surface area contributed by atoms with Gasteiger partial charge in [-0.1, -0.05) is 19.3 Å². The van der Waals surface area contributed by atoms with E-state index >= 15 is 0 Å². The lowest BCUT2D eigenvalue weighted by molar-refractivity contribution is -0.134. The van der Waals surface area contributed by atoms with E-state index in [2.05, 4.69) is 10.1 Å². The Morgan fingerprint density at radius 3 is 2.87 bits per heavy atom. The molecule has 1 fully saturated rings. The molecule has 1 aliphatic rings. The van der Waals surface area contributed by atoms with Crippen molar-refractivity contribution in [2.45, 2.75) is 44.2 Å². The summed E-state index contributed by atoms with van der Waals surface area (Å²) in [6.45, 7) is 0. The number of nitrogens with one attached hydrogen (secondary N) is 1. The molecule has 15 heavy (non-hydrogen) atoms. The molecule has 4 nitrogen and oxygen atoms in total. The number of carbonyl (C=O) groups is 1. The molecule has 1 rings (SSSR count). The number of ether oxygens (including phenoxy) is 1. The SMILES string of the molecule is COC(=O)/C=C/NC1CCCCCC1O. The van der Waals surface area contributed by atoms with Crippen LogP contribution in [0.3, 0.4) is 0 Å². The van der Waals surface area contributed by atoms with E-state index in [1.54, 1.807) is 6.20 Å². The molecule has 0 spiro atoms. The molecule has 0 bridgehead atoms. The normalized spacial score (nSPS) is 27.3. The molecule has 0 heterocycles. The minimum Gasteiger partial charge on any atom is -0.466 e. The van der Waals surface area contributed by atoms with Gasteiger partial charge < -0.3 is 15.2 Å². The number of rotatable bonds is 3. The fourth-order valence-corrected chi connectivity index (χ4v) is 1.79. The van der Waals surface area contributed by atoms with Crippen molar-refractivity contribution in [1.29, 1.82) is 0 Å². The third-order valence-corrected chi connectivity index (χ3v) is 2.71. The molecular formula is C11H19NO3. The van der Waals surface area contributed by atoms with Gasteiger partial charge in [0.1, 0.15) is 0 Å². The highest BCUT2D eigenvalue weighted by atomic mass is 16.5. The Balaban J connectivity index is 2.35. The number of aliphatic hydroxyl groups excluding tert-OH is 1. The van der Waals surface area contributed by atoms with Crippen molar-refractivity contribution in [2.75, 3.05) is 7.11 Å². The van der Waals surface area contributed by atoms with Crippen molar-refractivity contribution < 1.29 is 14.6 Å². The lowest BCUT2D eigenvalue weighted by Crippen LogP contribution is -2.36. The minimum atomic E-state index is -0.384. The van der Waals surface area contributed by atoms with Crippen molar-refractivity contribution in [3.63, 3.8) is 0 Å². The van der Waals surface area contributed by atoms with Gasteiger partial charge >= 0.3 is 5.97 Å². The molecule has 1 saturated carbocycles. The Hall–Kier alpha value is -1.03. The summed E-state index contributed by atoms with van der Waals surface area (Å²) in [5, 5.41) is 12.8. The number of hydrogen-bond donors (Lipinski definition) is 2. The van der Waals surface area contributed by atoms with Gasteiger partial charge in [-0.25, -0.2) is 4.79 Å². The van der Waals surface area contributed by atoms with Crippen LogP contribution in [0.1, 0.15) is 32.1 Å². The van der Waals surface area contributed by atoms with Gasteiger partial charge in [0.2, 0.25) is 0 Å². The zero-order valence-corrected chi connectivity index (χ0v) is 9.11. The first-order valence-electron chi connectivity index (χ1n) is 5.42. The molecular weight excluding hydrogens is 194 g/mol. The highest BCUT2D eigenvalue weighted by Crippen LogP contribution is 2.17. The fraction of sp³-hybridized carbons (Fsp3) is 0.727. The van der Waals surface area contributed by atoms with Crippen LogP contribution in [0.2, 0.25) is 0 Å². The summed E-state index contributed by atoms with van der Waals surface area (Å²) in [5.41, 5.74) is 0. The Morgan fingerprint density at radius 1 is 1.40 bits per heavy atom. The van der Waals surface area contributed by atoms with E-state index in [-0.39, 0.29) is 18.1 Å². The first-order valence-corrected chi connectivity index (χ1v) is 5.42. The van der Waals surface area contributed by atoms with Crippen LogP contribution in [0.5, 0.6) is 0 Å². The number of hydrogen-bond acceptors (Lipinski definition) is 4. The Kier molecular flexibility index (Phi) is 5.18. The van der Waals surface area contributed by atoms with Crippen LogP contribution in [0.15, 0.2) is 12.3 Å². The summed E-state index contributed by atoms with van der Waals surface area (Å²) in [4.78, 5) is 10.8. The third-order valence-electron chi connectivity index (χ3n) is 2.71. The largest absolute Gasteiger partial charge is 0.466 e. The summed E-state index contributed by atoms with van der Waals surface area (Å²) in [6.07, 6.45) is 7.75. The number of methoxy groups -OCH3 is 1. The average Bonchev–Trinajstić information content (AvgIpc) is 2.44. The third kappa shape index (κ3) is 4.34. The predicted octanol–water partition coefficient (Wildman–Crippen LogP) is 0.956. The van der Waals surface area contributed by atoms with Crippen molar-refractivity contribution in [2.24, 2.45) is 0 Å². The van der Waals surface area contributed by atoms with E-state index in [0.29, 0.717) is 0 Å². The maximum absolute atomic E-state index is 10.8. The highest BCUT2D eigenvalue weighted by Gasteiger charge is 2.19. The average molecular weight is 213 g/mol. The molecule has 0 aromatic rings. The van der Waals surface area contributed by atoms with Gasteiger partial charge in [-0.15, -0.1) is 0 Å². The second kappa shape index (κ2) is 6.45. The molecule has 0 aromatic carbocycles. The fourth-order valence-electron chi connectivity index (χ4n) is 1.79. The lowest BCUT2D eigenvalue weighted by Gasteiger charge is -2.20. The lowest BCUT2D eigenvalue weighted by atomic mass is 10.1. The second-order valence-electron chi connectivity index (χ2n) is 3.84. The van der Waals surface area contributed by atoms with Crippen LogP contribution in [0, 0.1) is 0 Å². The van der Waals surface area contributed by atoms with Crippen LogP contribution >= 0.6 is 0 Å². The molecule has 0 saturated heterocycles. The second-order valence-corrected chi connectivity index (χ2v) is 3.84. The molecule has 1 aliphatic carbocycles. The van der Waals surface area contributed by atoms with Gasteiger partial charge in [-0.2, -0.15) is 0 Å². The molecule has 0 aromatic heterocycles. The van der Waals surface area contributed by atoms with Crippen molar-refractivity contribution in [3.8, 4) is 0 Å². The Labute approximate surface area is 90.3 Å². The smallest absolute Gasteiger partial charge is 0.331 e. The van der Waals surface area contributed by atoms with Crippen LogP contribution < -0.4 is 5.32 Å². The van der Waals surface area contributed by atoms with E-state index < -0.39 is 0 Å². The number of carbonyl (C=O) groups excluding carboxylic acids is 1. The van der Waals surface area contributed by atoms with E-state index in [1.807, 2.05) is 0 Å². The zero-order valence-electron chi connectivity index (χ0n) is 9.11. The van der Waals surface area contributed by atoms with Gasteiger partial charge in [-0.05, 0) is 12.8 Å². The van der Waals surface area contributed by atoms with Crippen LogP contribution in [0.25, 0.3) is 0 Å². The molecule has 0 radical (unpaired) electrons. The molecule has 2 atom stereocenters. The molecule has 86 valence electrons. The summed E-state index contributed by atoms with van der Waals surface area (Å²) >= 11 is 0. The van der Waals surface area contributed by atoms with Gasteiger partial charge in [0, 0.05) is 12.3 Å². The highest BCUT2D eigenvalue weighted by molar-refractivity contribution is 5.81. The predicted molar refractivity (Wildman–Crippen MR) is 57.2 cm³/mol. The maximum atomic E-state index is 10.8. The van der Waals surface area contributed by atoms with E-state index in [9.17, 15) is 9.90 Å². The zero-order chi connectivity index (χ0) is 11.1. The molecule has 2 N–H and O–H groups in total. The quantitative estimate of drug-likeness (QED) is 0.416. The standard InChI is InChI=1S/C11H19NO3/c1-15-11(14)7-8-12-9-5-3-2-4-6-10(9)13/h7-10,12-13H,2-6H2,1H3/b8-7+. The van der Waals surface area contributed by atoms with Crippen molar-refractivity contribution in [3.05, 3.63) is 12.3 Å². The van der Waals surface area contributed by atoms with E-state index in [1.165, 1.54) is 19.6 Å². The number of aliphatic hydroxyl groups is 1.